The lowest BCUT2D eigenvalue weighted by atomic mass is 10.1. The minimum atomic E-state index is -3.99. The Hall–Kier alpha value is -1.20. The standard InChI is InChI=1S/C10H12NO5P/c1-15-17(14,16-2)10(13)7-5-3-4-6-8(7)11-9(10)12/h3-6,13H,1-2H3,(H,11,12)/t10-/m1/s1. The number of para-hydroxylation sites is 1. The van der Waals surface area contributed by atoms with Crippen LogP contribution in [0.25, 0.3) is 0 Å². The van der Waals surface area contributed by atoms with Crippen molar-refractivity contribution < 1.29 is 23.5 Å². The van der Waals surface area contributed by atoms with E-state index in [1.807, 2.05) is 0 Å². The van der Waals surface area contributed by atoms with Gasteiger partial charge >= 0.3 is 7.60 Å². The van der Waals surface area contributed by atoms with E-state index in [0.29, 0.717) is 5.69 Å². The molecule has 1 aliphatic rings. The first-order valence-corrected chi connectivity index (χ1v) is 6.39. The zero-order valence-corrected chi connectivity index (χ0v) is 10.2. The first kappa shape index (κ1) is 12.3. The molecule has 0 radical (unpaired) electrons. The van der Waals surface area contributed by atoms with Gasteiger partial charge in [-0.15, -0.1) is 0 Å². The number of carbonyl (C=O) groups is 1. The van der Waals surface area contributed by atoms with Gasteiger partial charge in [-0.2, -0.15) is 0 Å². The lowest BCUT2D eigenvalue weighted by molar-refractivity contribution is -0.127. The first-order valence-electron chi connectivity index (χ1n) is 4.84. The van der Waals surface area contributed by atoms with E-state index in [4.69, 9.17) is 9.05 Å². The first-order chi connectivity index (χ1) is 7.99. The molecule has 0 bridgehead atoms. The van der Waals surface area contributed by atoms with Gasteiger partial charge in [0.25, 0.3) is 11.2 Å². The molecule has 7 heteroatoms. The van der Waals surface area contributed by atoms with Crippen LogP contribution >= 0.6 is 7.60 Å². The number of rotatable bonds is 3. The molecule has 0 spiro atoms. The van der Waals surface area contributed by atoms with Crippen molar-refractivity contribution in [1.29, 1.82) is 0 Å². The summed E-state index contributed by atoms with van der Waals surface area (Å²) < 4.78 is 21.7. The van der Waals surface area contributed by atoms with E-state index in [0.717, 1.165) is 14.2 Å². The Morgan fingerprint density at radius 1 is 1.29 bits per heavy atom. The molecule has 2 N–H and O–H groups in total. The Balaban J connectivity index is 2.66. The molecule has 0 saturated heterocycles. The number of aliphatic hydroxyl groups is 1. The van der Waals surface area contributed by atoms with Crippen molar-refractivity contribution in [2.24, 2.45) is 0 Å². The van der Waals surface area contributed by atoms with Crippen LogP contribution in [0.2, 0.25) is 0 Å². The maximum absolute atomic E-state index is 12.3. The molecule has 17 heavy (non-hydrogen) atoms. The van der Waals surface area contributed by atoms with E-state index in [2.05, 4.69) is 5.32 Å². The van der Waals surface area contributed by atoms with E-state index in [1.165, 1.54) is 6.07 Å². The van der Waals surface area contributed by atoms with Crippen LogP contribution in [0.5, 0.6) is 0 Å². The molecule has 92 valence electrons. The highest BCUT2D eigenvalue weighted by Crippen LogP contribution is 2.65. The van der Waals surface area contributed by atoms with Crippen LogP contribution in [0.4, 0.5) is 5.69 Å². The average Bonchev–Trinajstić information content (AvgIpc) is 2.62. The second kappa shape index (κ2) is 3.92. The van der Waals surface area contributed by atoms with Gasteiger partial charge in [-0.25, -0.2) is 0 Å². The van der Waals surface area contributed by atoms with Gasteiger partial charge in [0.1, 0.15) is 0 Å². The van der Waals surface area contributed by atoms with Crippen LogP contribution in [0, 0.1) is 0 Å². The van der Waals surface area contributed by atoms with Crippen molar-refractivity contribution >= 4 is 19.2 Å². The minimum Gasteiger partial charge on any atom is -0.366 e. The number of hydrogen-bond donors (Lipinski definition) is 2. The van der Waals surface area contributed by atoms with E-state index < -0.39 is 18.8 Å². The summed E-state index contributed by atoms with van der Waals surface area (Å²) in [6, 6.07) is 6.41. The number of amides is 1. The van der Waals surface area contributed by atoms with Gasteiger partial charge in [-0.1, -0.05) is 18.2 Å². The highest BCUT2D eigenvalue weighted by Gasteiger charge is 2.60. The van der Waals surface area contributed by atoms with Gasteiger partial charge in [-0.3, -0.25) is 9.36 Å². The third kappa shape index (κ3) is 1.46. The molecule has 1 aromatic carbocycles. The maximum Gasteiger partial charge on any atom is 0.376 e. The Morgan fingerprint density at radius 3 is 2.47 bits per heavy atom. The van der Waals surface area contributed by atoms with Gasteiger partial charge in [0.15, 0.2) is 0 Å². The van der Waals surface area contributed by atoms with E-state index in [-0.39, 0.29) is 5.56 Å². The van der Waals surface area contributed by atoms with Crippen molar-refractivity contribution in [3.05, 3.63) is 29.8 Å². The third-order valence-electron chi connectivity index (χ3n) is 2.74. The van der Waals surface area contributed by atoms with Crippen LogP contribution in [-0.4, -0.2) is 25.2 Å². The molecule has 2 rings (SSSR count). The molecule has 1 aliphatic heterocycles. The number of nitrogens with one attached hydrogen (secondary N) is 1. The molecule has 1 aromatic rings. The van der Waals surface area contributed by atoms with Crippen molar-refractivity contribution in [3.63, 3.8) is 0 Å². The quantitative estimate of drug-likeness (QED) is 0.796. The van der Waals surface area contributed by atoms with Crippen LogP contribution in [0.3, 0.4) is 0 Å². The largest absolute Gasteiger partial charge is 0.376 e. The SMILES string of the molecule is COP(=O)(OC)[C@@]1(O)C(=O)Nc2ccccc21. The molecule has 0 aliphatic carbocycles. The highest BCUT2D eigenvalue weighted by atomic mass is 31.2. The molecule has 1 atom stereocenters. The molecule has 0 fully saturated rings. The van der Waals surface area contributed by atoms with Crippen molar-refractivity contribution in [1.82, 2.24) is 0 Å². The minimum absolute atomic E-state index is 0.192. The van der Waals surface area contributed by atoms with Crippen LogP contribution < -0.4 is 5.32 Å². The zero-order valence-electron chi connectivity index (χ0n) is 9.34. The summed E-state index contributed by atoms with van der Waals surface area (Å²) in [5.74, 6) is -0.814. The molecule has 1 heterocycles. The summed E-state index contributed by atoms with van der Waals surface area (Å²) in [7, 11) is -1.74. The fraction of sp³-hybridized carbons (Fsp3) is 0.300. The van der Waals surface area contributed by atoms with E-state index in [9.17, 15) is 14.5 Å². The van der Waals surface area contributed by atoms with Gasteiger partial charge in [0.2, 0.25) is 0 Å². The number of anilines is 1. The Kier molecular flexibility index (Phi) is 2.83. The van der Waals surface area contributed by atoms with Crippen molar-refractivity contribution in [2.75, 3.05) is 19.5 Å². The van der Waals surface area contributed by atoms with Gasteiger partial charge in [-0.05, 0) is 6.07 Å². The maximum atomic E-state index is 12.3. The smallest absolute Gasteiger partial charge is 0.366 e. The topological polar surface area (TPSA) is 84.9 Å². The van der Waals surface area contributed by atoms with Gasteiger partial charge in [0.05, 0.1) is 0 Å². The molecule has 0 unspecified atom stereocenters. The Morgan fingerprint density at radius 2 is 1.88 bits per heavy atom. The lowest BCUT2D eigenvalue weighted by Gasteiger charge is -2.27. The highest BCUT2D eigenvalue weighted by molar-refractivity contribution is 7.56. The molecule has 6 nitrogen and oxygen atoms in total. The zero-order chi connectivity index (χ0) is 12.7. The summed E-state index contributed by atoms with van der Waals surface area (Å²) in [5.41, 5.74) is 0.589. The summed E-state index contributed by atoms with van der Waals surface area (Å²) in [4.78, 5) is 11.8. The lowest BCUT2D eigenvalue weighted by Crippen LogP contribution is -2.35. The second-order valence-corrected chi connectivity index (χ2v) is 5.91. The van der Waals surface area contributed by atoms with Gasteiger partial charge in [0, 0.05) is 25.5 Å². The second-order valence-electron chi connectivity index (χ2n) is 3.53. The van der Waals surface area contributed by atoms with Crippen molar-refractivity contribution in [3.8, 4) is 0 Å². The van der Waals surface area contributed by atoms with Crippen LogP contribution in [0.15, 0.2) is 24.3 Å². The third-order valence-corrected chi connectivity index (χ3v) is 4.94. The number of fused-ring (bicyclic) bond motifs is 1. The summed E-state index contributed by atoms with van der Waals surface area (Å²) in [5, 5.41) is 10.5. The number of benzene rings is 1. The Labute approximate surface area is 98.1 Å². The van der Waals surface area contributed by atoms with Crippen LogP contribution in [0.1, 0.15) is 5.56 Å². The molecular weight excluding hydrogens is 245 g/mol. The number of hydrogen-bond acceptors (Lipinski definition) is 5. The summed E-state index contributed by atoms with van der Waals surface area (Å²) in [6.45, 7) is 0. The number of carbonyl (C=O) groups excluding carboxylic acids is 1. The van der Waals surface area contributed by atoms with Crippen LogP contribution in [-0.2, 0) is 23.7 Å². The summed E-state index contributed by atoms with van der Waals surface area (Å²) in [6.07, 6.45) is 0. The fourth-order valence-corrected chi connectivity index (χ4v) is 3.31. The van der Waals surface area contributed by atoms with E-state index >= 15 is 0 Å². The van der Waals surface area contributed by atoms with Crippen molar-refractivity contribution in [2.45, 2.75) is 5.34 Å². The van der Waals surface area contributed by atoms with E-state index in [1.54, 1.807) is 18.2 Å². The fourth-order valence-electron chi connectivity index (χ4n) is 1.84. The monoisotopic (exact) mass is 257 g/mol. The normalized spacial score (nSPS) is 23.4. The predicted molar refractivity (Wildman–Crippen MR) is 60.6 cm³/mol. The average molecular weight is 257 g/mol. The molecule has 1 amide bonds. The predicted octanol–water partition coefficient (Wildman–Crippen LogP) is 1.27. The summed E-state index contributed by atoms with van der Waals surface area (Å²) >= 11 is 0. The molecule has 0 saturated carbocycles. The van der Waals surface area contributed by atoms with Gasteiger partial charge < -0.3 is 19.5 Å². The molecular formula is C10H12NO5P. The molecule has 0 aromatic heterocycles. The Bertz CT molecular complexity index is 509.